The van der Waals surface area contributed by atoms with E-state index in [1.54, 1.807) is 6.07 Å². The molecule has 3 heteroatoms. The van der Waals surface area contributed by atoms with Gasteiger partial charge in [0, 0.05) is 10.9 Å². The lowest BCUT2D eigenvalue weighted by Gasteiger charge is -2.13. The molecule has 0 atom stereocenters. The van der Waals surface area contributed by atoms with Gasteiger partial charge in [-0.1, -0.05) is 36.4 Å². The number of carbonyl (C=O) groups excluding carboxylic acids is 1. The number of nitrogens with one attached hydrogen (secondary N) is 1. The van der Waals surface area contributed by atoms with Crippen LogP contribution in [0.3, 0.4) is 0 Å². The zero-order chi connectivity index (χ0) is 13.2. The lowest BCUT2D eigenvalue weighted by molar-refractivity contribution is 0.0935. The van der Waals surface area contributed by atoms with Gasteiger partial charge >= 0.3 is 0 Å². The van der Waals surface area contributed by atoms with Gasteiger partial charge in [0.1, 0.15) is 0 Å². The Hall–Kier alpha value is -1.74. The average molecular weight is 269 g/mol. The van der Waals surface area contributed by atoms with Crippen molar-refractivity contribution in [3.63, 3.8) is 0 Å². The number of hydrogen-bond acceptors (Lipinski definition) is 2. The zero-order valence-electron chi connectivity index (χ0n) is 10.5. The first-order valence-corrected chi connectivity index (χ1v) is 6.84. The Kier molecular flexibility index (Phi) is 3.30. The second-order valence-corrected chi connectivity index (χ2v) is 5.35. The van der Waals surface area contributed by atoms with Crippen LogP contribution in [0.4, 0.5) is 0 Å². The lowest BCUT2D eigenvalue weighted by Crippen LogP contribution is -2.35. The molecule has 2 aromatic rings. The molecular formula is C16H15NOS. The average Bonchev–Trinajstić information content (AvgIpc) is 2.81. The van der Waals surface area contributed by atoms with Crippen LogP contribution in [0.5, 0.6) is 0 Å². The van der Waals surface area contributed by atoms with Crippen LogP contribution in [-0.4, -0.2) is 11.9 Å². The molecular weight excluding hydrogens is 254 g/mol. The molecule has 3 rings (SSSR count). The maximum atomic E-state index is 12.2. The molecule has 1 N–H and O–H groups in total. The molecule has 0 unspecified atom stereocenters. The summed E-state index contributed by atoms with van der Waals surface area (Å²) < 4.78 is 0. The van der Waals surface area contributed by atoms with Crippen molar-refractivity contribution in [2.75, 3.05) is 0 Å². The molecule has 0 heterocycles. The van der Waals surface area contributed by atoms with Crippen molar-refractivity contribution in [1.82, 2.24) is 5.32 Å². The minimum atomic E-state index is -0.0385. The van der Waals surface area contributed by atoms with Crippen molar-refractivity contribution in [1.29, 1.82) is 0 Å². The Morgan fingerprint density at radius 3 is 2.21 bits per heavy atom. The summed E-state index contributed by atoms with van der Waals surface area (Å²) >= 11 is 4.32. The molecule has 0 spiro atoms. The van der Waals surface area contributed by atoms with Crippen molar-refractivity contribution in [3.05, 3.63) is 65.2 Å². The fraction of sp³-hybridized carbons (Fsp3) is 0.188. The number of thiol groups is 1. The van der Waals surface area contributed by atoms with Crippen LogP contribution in [0.2, 0.25) is 0 Å². The fourth-order valence-corrected chi connectivity index (χ4v) is 2.85. The van der Waals surface area contributed by atoms with Gasteiger partial charge in [-0.05, 0) is 36.1 Å². The minimum Gasteiger partial charge on any atom is -0.349 e. The summed E-state index contributed by atoms with van der Waals surface area (Å²) in [5, 5.41) is 3.10. The second kappa shape index (κ2) is 5.10. The maximum absolute atomic E-state index is 12.2. The van der Waals surface area contributed by atoms with E-state index in [0.29, 0.717) is 5.56 Å². The topological polar surface area (TPSA) is 29.1 Å². The van der Waals surface area contributed by atoms with E-state index in [4.69, 9.17) is 0 Å². The quantitative estimate of drug-likeness (QED) is 0.807. The van der Waals surface area contributed by atoms with Crippen molar-refractivity contribution in [3.8, 4) is 0 Å². The monoisotopic (exact) mass is 269 g/mol. The van der Waals surface area contributed by atoms with E-state index in [-0.39, 0.29) is 11.9 Å². The Morgan fingerprint density at radius 2 is 1.58 bits per heavy atom. The first-order valence-electron chi connectivity index (χ1n) is 6.39. The Balaban J connectivity index is 1.71. The van der Waals surface area contributed by atoms with Crippen LogP contribution in [0.25, 0.3) is 0 Å². The highest BCUT2D eigenvalue weighted by Gasteiger charge is 2.23. The molecule has 1 aliphatic carbocycles. The number of rotatable bonds is 2. The van der Waals surface area contributed by atoms with E-state index >= 15 is 0 Å². The summed E-state index contributed by atoms with van der Waals surface area (Å²) in [7, 11) is 0. The van der Waals surface area contributed by atoms with E-state index in [9.17, 15) is 4.79 Å². The highest BCUT2D eigenvalue weighted by Crippen LogP contribution is 2.22. The third kappa shape index (κ3) is 2.51. The largest absolute Gasteiger partial charge is 0.349 e. The fourth-order valence-electron chi connectivity index (χ4n) is 2.59. The smallest absolute Gasteiger partial charge is 0.252 e. The maximum Gasteiger partial charge on any atom is 0.252 e. The predicted octanol–water partition coefficient (Wildman–Crippen LogP) is 2.87. The van der Waals surface area contributed by atoms with Crippen molar-refractivity contribution >= 4 is 18.5 Å². The van der Waals surface area contributed by atoms with Gasteiger partial charge in [-0.2, -0.15) is 0 Å². The normalized spacial score (nSPS) is 14.2. The molecule has 96 valence electrons. The molecule has 0 saturated heterocycles. The van der Waals surface area contributed by atoms with Crippen LogP contribution in [0.1, 0.15) is 21.5 Å². The number of benzene rings is 2. The SMILES string of the molecule is O=C(NC1Cc2ccccc2C1)c1ccccc1S. The predicted molar refractivity (Wildman–Crippen MR) is 78.8 cm³/mol. The minimum absolute atomic E-state index is 0.0385. The van der Waals surface area contributed by atoms with Crippen LogP contribution >= 0.6 is 12.6 Å². The first kappa shape index (κ1) is 12.3. The van der Waals surface area contributed by atoms with Gasteiger partial charge in [-0.3, -0.25) is 4.79 Å². The number of hydrogen-bond donors (Lipinski definition) is 2. The first-order chi connectivity index (χ1) is 9.24. The molecule has 2 aromatic carbocycles. The van der Waals surface area contributed by atoms with E-state index in [1.807, 2.05) is 30.3 Å². The van der Waals surface area contributed by atoms with Crippen molar-refractivity contribution in [2.45, 2.75) is 23.8 Å². The molecule has 0 aliphatic heterocycles. The Labute approximate surface area is 118 Å². The molecule has 1 aliphatic rings. The van der Waals surface area contributed by atoms with Crippen molar-refractivity contribution in [2.24, 2.45) is 0 Å². The van der Waals surface area contributed by atoms with Crippen LogP contribution in [0, 0.1) is 0 Å². The molecule has 19 heavy (non-hydrogen) atoms. The van der Waals surface area contributed by atoms with E-state index in [2.05, 4.69) is 30.1 Å². The van der Waals surface area contributed by atoms with Crippen LogP contribution < -0.4 is 5.32 Å². The van der Waals surface area contributed by atoms with Crippen LogP contribution in [-0.2, 0) is 12.8 Å². The van der Waals surface area contributed by atoms with E-state index in [0.717, 1.165) is 17.7 Å². The van der Waals surface area contributed by atoms with Gasteiger partial charge in [0.2, 0.25) is 0 Å². The molecule has 2 nitrogen and oxygen atoms in total. The molecule has 0 aromatic heterocycles. The number of fused-ring (bicyclic) bond motifs is 1. The zero-order valence-corrected chi connectivity index (χ0v) is 11.4. The Bertz CT molecular complexity index is 599. The third-order valence-electron chi connectivity index (χ3n) is 3.53. The number of amides is 1. The third-order valence-corrected chi connectivity index (χ3v) is 3.92. The van der Waals surface area contributed by atoms with Gasteiger partial charge in [0.25, 0.3) is 5.91 Å². The summed E-state index contributed by atoms with van der Waals surface area (Å²) in [6, 6.07) is 15.9. The van der Waals surface area contributed by atoms with Gasteiger partial charge in [0.05, 0.1) is 5.56 Å². The number of carbonyl (C=O) groups is 1. The molecule has 0 fully saturated rings. The van der Waals surface area contributed by atoms with Crippen molar-refractivity contribution < 1.29 is 4.79 Å². The van der Waals surface area contributed by atoms with Gasteiger partial charge in [-0.25, -0.2) is 0 Å². The standard InChI is InChI=1S/C16H15NOS/c18-16(14-7-3-4-8-15(14)19)17-13-9-11-5-1-2-6-12(11)10-13/h1-8,13,19H,9-10H2,(H,17,18). The molecule has 0 radical (unpaired) electrons. The van der Waals surface area contributed by atoms with E-state index < -0.39 is 0 Å². The summed E-state index contributed by atoms with van der Waals surface area (Å²) in [5.41, 5.74) is 3.32. The molecule has 0 saturated carbocycles. The Morgan fingerprint density at radius 1 is 1.00 bits per heavy atom. The van der Waals surface area contributed by atoms with E-state index in [1.165, 1.54) is 11.1 Å². The second-order valence-electron chi connectivity index (χ2n) is 4.86. The van der Waals surface area contributed by atoms with Crippen LogP contribution in [0.15, 0.2) is 53.4 Å². The highest BCUT2D eigenvalue weighted by molar-refractivity contribution is 7.80. The molecule has 0 bridgehead atoms. The molecule has 1 amide bonds. The lowest BCUT2D eigenvalue weighted by atomic mass is 10.1. The summed E-state index contributed by atoms with van der Waals surface area (Å²) in [6.07, 6.45) is 1.83. The summed E-state index contributed by atoms with van der Waals surface area (Å²) in [4.78, 5) is 12.9. The highest BCUT2D eigenvalue weighted by atomic mass is 32.1. The summed E-state index contributed by atoms with van der Waals surface area (Å²) in [5.74, 6) is -0.0385. The van der Waals surface area contributed by atoms with Gasteiger partial charge in [0.15, 0.2) is 0 Å². The van der Waals surface area contributed by atoms with Gasteiger partial charge in [-0.15, -0.1) is 12.6 Å². The van der Waals surface area contributed by atoms with Gasteiger partial charge < -0.3 is 5.32 Å². The summed E-state index contributed by atoms with van der Waals surface area (Å²) in [6.45, 7) is 0.